The molecule has 8 heteroatoms. The van der Waals surface area contributed by atoms with Crippen LogP contribution in [0.15, 0.2) is 108 Å². The Morgan fingerprint density at radius 1 is 0.650 bits per heavy atom. The van der Waals surface area contributed by atoms with Crippen molar-refractivity contribution in [2.45, 2.75) is 35.6 Å². The molecule has 2 aliphatic rings. The second kappa shape index (κ2) is 12.7. The van der Waals surface area contributed by atoms with Gasteiger partial charge in [-0.3, -0.25) is 0 Å². The maximum absolute atomic E-state index is 12.9. The van der Waals surface area contributed by atoms with E-state index in [2.05, 4.69) is 0 Å². The Morgan fingerprint density at radius 2 is 1.02 bits per heavy atom. The van der Waals surface area contributed by atoms with E-state index in [0.717, 1.165) is 0 Å². The zero-order chi connectivity index (χ0) is 28.7. The van der Waals surface area contributed by atoms with Gasteiger partial charge in [-0.2, -0.15) is 0 Å². The van der Waals surface area contributed by atoms with E-state index in [9.17, 15) is 20.4 Å². The molecule has 214 valence electrons. The van der Waals surface area contributed by atoms with E-state index >= 15 is 0 Å². The minimum absolute atomic E-state index is 0.0789. The van der Waals surface area contributed by atoms with E-state index in [1.54, 1.807) is 60.7 Å². The fourth-order valence-electron chi connectivity index (χ4n) is 5.35. The summed E-state index contributed by atoms with van der Waals surface area (Å²) in [6.45, 7) is -0.170. The predicted molar refractivity (Wildman–Crippen MR) is 150 cm³/mol. The van der Waals surface area contributed by atoms with Gasteiger partial charge in [0.1, 0.15) is 0 Å². The highest BCUT2D eigenvalue weighted by atomic mass is 16.7. The third kappa shape index (κ3) is 5.50. The lowest BCUT2D eigenvalue weighted by atomic mass is 9.64. The summed E-state index contributed by atoms with van der Waals surface area (Å²) >= 11 is 0. The first-order chi connectivity index (χ1) is 19.3. The van der Waals surface area contributed by atoms with Crippen LogP contribution in [-0.4, -0.2) is 72.6 Å². The number of ether oxygens (including phenoxy) is 4. The highest BCUT2D eigenvalue weighted by Crippen LogP contribution is 2.53. The van der Waals surface area contributed by atoms with Crippen LogP contribution < -0.4 is 0 Å². The molecule has 0 saturated heterocycles. The molecule has 0 bridgehead atoms. The quantitative estimate of drug-likeness (QED) is 0.281. The molecule has 4 rings (SSSR count). The number of hydrogen-bond acceptors (Lipinski definition) is 8. The molecule has 2 aromatic rings. The molecule has 0 aromatic heterocycles. The molecule has 2 aliphatic carbocycles. The summed E-state index contributed by atoms with van der Waals surface area (Å²) in [5.41, 5.74) is -2.07. The fourth-order valence-corrected chi connectivity index (χ4v) is 5.35. The van der Waals surface area contributed by atoms with Gasteiger partial charge in [0.2, 0.25) is 0 Å². The van der Waals surface area contributed by atoms with Crippen LogP contribution in [0, 0.1) is 0 Å². The van der Waals surface area contributed by atoms with Crippen molar-refractivity contribution in [3.05, 3.63) is 119 Å². The standard InChI is InChI=1S/C32H38O8/c1-37-29(39-23-21-33)17-13-27(14-18-29)31(35,25-9-5-3-6-10-25)32(36,26-11-7-4-8-12-26)28-15-19-30(38-2,20-16-28)40-24-22-34/h3-17,19,33-36H,18,20-24H2,1-2H3. The molecule has 4 atom stereocenters. The van der Waals surface area contributed by atoms with E-state index in [4.69, 9.17) is 18.9 Å². The van der Waals surface area contributed by atoms with Crippen molar-refractivity contribution < 1.29 is 39.4 Å². The van der Waals surface area contributed by atoms with E-state index in [0.29, 0.717) is 22.3 Å². The van der Waals surface area contributed by atoms with Crippen molar-refractivity contribution in [3.63, 3.8) is 0 Å². The van der Waals surface area contributed by atoms with Gasteiger partial charge in [0.05, 0.1) is 26.4 Å². The van der Waals surface area contributed by atoms with Gasteiger partial charge >= 0.3 is 0 Å². The van der Waals surface area contributed by atoms with Gasteiger partial charge in [-0.15, -0.1) is 0 Å². The van der Waals surface area contributed by atoms with Crippen molar-refractivity contribution in [2.24, 2.45) is 0 Å². The molecule has 8 nitrogen and oxygen atoms in total. The molecule has 0 spiro atoms. The van der Waals surface area contributed by atoms with Gasteiger partial charge in [0, 0.05) is 27.1 Å². The second-order valence-corrected chi connectivity index (χ2v) is 9.72. The highest BCUT2D eigenvalue weighted by molar-refractivity contribution is 5.54. The van der Waals surface area contributed by atoms with E-state index < -0.39 is 22.8 Å². The Bertz CT molecular complexity index is 1140. The molecule has 0 fully saturated rings. The Labute approximate surface area is 235 Å². The SMILES string of the molecule is COC1(OCCO)C=CC(C(O)(c2ccccc2)C(O)(C2=CCC(OC)(OCCO)C=C2)c2ccccc2)=CC1. The molecule has 0 saturated carbocycles. The van der Waals surface area contributed by atoms with Gasteiger partial charge < -0.3 is 39.4 Å². The molecular weight excluding hydrogens is 512 g/mol. The van der Waals surface area contributed by atoms with Crippen LogP contribution in [0.3, 0.4) is 0 Å². The minimum atomic E-state index is -1.96. The lowest BCUT2D eigenvalue weighted by Crippen LogP contribution is -2.53. The molecule has 4 N–H and O–H groups in total. The third-order valence-electron chi connectivity index (χ3n) is 7.56. The normalized spacial score (nSPS) is 25.6. The van der Waals surface area contributed by atoms with Crippen LogP contribution in [0.1, 0.15) is 24.0 Å². The summed E-state index contributed by atoms with van der Waals surface area (Å²) in [7, 11) is 3.03. The summed E-state index contributed by atoms with van der Waals surface area (Å²) in [6.07, 6.45) is 10.8. The molecule has 2 aromatic carbocycles. The lowest BCUT2D eigenvalue weighted by molar-refractivity contribution is -0.192. The summed E-state index contributed by atoms with van der Waals surface area (Å²) in [4.78, 5) is 0. The summed E-state index contributed by atoms with van der Waals surface area (Å²) in [5, 5.41) is 44.4. The Kier molecular flexibility index (Phi) is 9.56. The van der Waals surface area contributed by atoms with Crippen molar-refractivity contribution in [2.75, 3.05) is 40.6 Å². The van der Waals surface area contributed by atoms with Crippen LogP contribution in [-0.2, 0) is 30.1 Å². The zero-order valence-corrected chi connectivity index (χ0v) is 22.9. The highest BCUT2D eigenvalue weighted by Gasteiger charge is 2.56. The molecule has 4 unspecified atom stereocenters. The number of hydrogen-bond donors (Lipinski definition) is 4. The maximum Gasteiger partial charge on any atom is 0.191 e. The van der Waals surface area contributed by atoms with Crippen LogP contribution in [0.25, 0.3) is 0 Å². The monoisotopic (exact) mass is 550 g/mol. The summed E-state index contributed by atoms with van der Waals surface area (Å²) in [5.74, 6) is -2.22. The maximum atomic E-state index is 12.9. The average molecular weight is 551 g/mol. The first-order valence-corrected chi connectivity index (χ1v) is 13.3. The number of aliphatic hydroxyl groups excluding tert-OH is 2. The van der Waals surface area contributed by atoms with Crippen molar-refractivity contribution >= 4 is 0 Å². The number of rotatable bonds is 13. The smallest absolute Gasteiger partial charge is 0.191 e. The average Bonchev–Trinajstić information content (AvgIpc) is 3.03. The molecule has 0 heterocycles. The largest absolute Gasteiger partial charge is 0.394 e. The first-order valence-electron chi connectivity index (χ1n) is 13.3. The van der Waals surface area contributed by atoms with Gasteiger partial charge in [-0.1, -0.05) is 85.0 Å². The molecular formula is C32H38O8. The van der Waals surface area contributed by atoms with Crippen LogP contribution in [0.5, 0.6) is 0 Å². The Balaban J connectivity index is 1.88. The van der Waals surface area contributed by atoms with Crippen LogP contribution in [0.2, 0.25) is 0 Å². The molecule has 0 amide bonds. The third-order valence-corrected chi connectivity index (χ3v) is 7.56. The Morgan fingerprint density at radius 3 is 1.30 bits per heavy atom. The van der Waals surface area contributed by atoms with Gasteiger partial charge in [0.15, 0.2) is 22.8 Å². The van der Waals surface area contributed by atoms with Crippen molar-refractivity contribution in [3.8, 4) is 0 Å². The predicted octanol–water partition coefficient (Wildman–Crippen LogP) is 3.24. The minimum Gasteiger partial charge on any atom is -0.394 e. The first kappa shape index (κ1) is 30.0. The van der Waals surface area contributed by atoms with Crippen molar-refractivity contribution in [1.82, 2.24) is 0 Å². The molecule has 0 aliphatic heterocycles. The summed E-state index contributed by atoms with van der Waals surface area (Å²) < 4.78 is 22.8. The van der Waals surface area contributed by atoms with E-state index in [1.165, 1.54) is 14.2 Å². The number of aliphatic hydroxyl groups is 4. The summed E-state index contributed by atoms with van der Waals surface area (Å²) in [6, 6.07) is 18.1. The van der Waals surface area contributed by atoms with E-state index in [-0.39, 0.29) is 39.3 Å². The lowest BCUT2D eigenvalue weighted by Gasteiger charge is -2.48. The number of methoxy groups -OCH3 is 2. The van der Waals surface area contributed by atoms with Gasteiger partial charge in [-0.25, -0.2) is 0 Å². The number of benzene rings is 2. The van der Waals surface area contributed by atoms with Crippen LogP contribution in [0.4, 0.5) is 0 Å². The molecule has 40 heavy (non-hydrogen) atoms. The van der Waals surface area contributed by atoms with Crippen molar-refractivity contribution in [1.29, 1.82) is 0 Å². The molecule has 0 radical (unpaired) electrons. The van der Waals surface area contributed by atoms with Gasteiger partial charge in [0.25, 0.3) is 0 Å². The fraction of sp³-hybridized carbons (Fsp3) is 0.375. The van der Waals surface area contributed by atoms with Gasteiger partial charge in [-0.05, 0) is 34.4 Å². The van der Waals surface area contributed by atoms with E-state index in [1.807, 2.05) is 36.4 Å². The Hall–Kier alpha value is -2.92. The van der Waals surface area contributed by atoms with Crippen LogP contribution >= 0.6 is 0 Å². The zero-order valence-electron chi connectivity index (χ0n) is 22.9. The second-order valence-electron chi connectivity index (χ2n) is 9.72. The topological polar surface area (TPSA) is 118 Å².